The van der Waals surface area contributed by atoms with Crippen LogP contribution >= 0.6 is 0 Å². The van der Waals surface area contributed by atoms with Crippen LogP contribution < -0.4 is 9.62 Å². The Morgan fingerprint density at radius 2 is 1.70 bits per heavy atom. The Bertz CT molecular complexity index is 2140. The maximum absolute atomic E-state index is 13.7. The molecule has 0 radical (unpaired) electrons. The molecule has 0 spiro atoms. The van der Waals surface area contributed by atoms with Gasteiger partial charge < -0.3 is 9.73 Å². The van der Waals surface area contributed by atoms with Crippen LogP contribution in [0.1, 0.15) is 27.4 Å². The largest absolute Gasteiger partial charge is 0.455 e. The monoisotopic (exact) mass is 618 g/mol. The van der Waals surface area contributed by atoms with Crippen molar-refractivity contribution in [3.05, 3.63) is 107 Å². The first kappa shape index (κ1) is 28.6. The molecule has 1 unspecified atom stereocenters. The molecule has 1 N–H and O–H groups in total. The molecule has 1 aliphatic rings. The first-order valence-corrected chi connectivity index (χ1v) is 16.8. The summed E-state index contributed by atoms with van der Waals surface area (Å²) >= 11 is 0. The topological polar surface area (TPSA) is 114 Å². The van der Waals surface area contributed by atoms with Crippen molar-refractivity contribution in [3.63, 3.8) is 0 Å². The summed E-state index contributed by atoms with van der Waals surface area (Å²) in [6.45, 7) is 0. The van der Waals surface area contributed by atoms with Crippen LogP contribution in [0.15, 0.2) is 94.2 Å². The molecule has 11 heteroatoms. The number of furan rings is 1. The van der Waals surface area contributed by atoms with Gasteiger partial charge in [0.2, 0.25) is 10.0 Å². The number of amides is 1. The highest BCUT2D eigenvalue weighted by molar-refractivity contribution is 7.92. The molecule has 6 rings (SSSR count). The highest BCUT2D eigenvalue weighted by Gasteiger charge is 2.35. The number of carbonyl (C=O) groups is 1. The molecule has 0 saturated carbocycles. The number of sulfonamides is 1. The van der Waals surface area contributed by atoms with Crippen LogP contribution in [0.3, 0.4) is 0 Å². The third-order valence-electron chi connectivity index (χ3n) is 7.82. The number of halogens is 1. The normalized spacial score (nSPS) is 15.8. The van der Waals surface area contributed by atoms with E-state index in [-0.39, 0.29) is 22.7 Å². The van der Waals surface area contributed by atoms with E-state index >= 15 is 0 Å². The van der Waals surface area contributed by atoms with Crippen molar-refractivity contribution >= 4 is 42.4 Å². The van der Waals surface area contributed by atoms with E-state index in [4.69, 9.17) is 4.42 Å². The fourth-order valence-corrected chi connectivity index (χ4v) is 7.96. The summed E-state index contributed by atoms with van der Waals surface area (Å²) in [4.78, 5) is 13.5. The van der Waals surface area contributed by atoms with E-state index in [0.717, 1.165) is 16.1 Å². The lowest BCUT2D eigenvalue weighted by Crippen LogP contribution is -2.25. The van der Waals surface area contributed by atoms with Crippen LogP contribution in [0, 0.1) is 5.82 Å². The van der Waals surface area contributed by atoms with Crippen molar-refractivity contribution < 1.29 is 30.4 Å². The number of rotatable bonds is 6. The Kier molecular flexibility index (Phi) is 6.89. The summed E-state index contributed by atoms with van der Waals surface area (Å²) in [5, 5.41) is 3.06. The number of sulfone groups is 1. The van der Waals surface area contributed by atoms with E-state index in [1.807, 2.05) is 24.3 Å². The Hall–Kier alpha value is -4.48. The second kappa shape index (κ2) is 10.4. The van der Waals surface area contributed by atoms with Gasteiger partial charge in [-0.05, 0) is 53.1 Å². The van der Waals surface area contributed by atoms with E-state index in [2.05, 4.69) is 5.32 Å². The molecule has 0 fully saturated rings. The third-order valence-corrected chi connectivity index (χ3v) is 10.8. The molecule has 1 amide bonds. The quantitative estimate of drug-likeness (QED) is 0.266. The van der Waals surface area contributed by atoms with E-state index in [1.165, 1.54) is 38.4 Å². The van der Waals surface area contributed by atoms with Crippen LogP contribution in [0.2, 0.25) is 0 Å². The number of fused-ring (bicyclic) bond motifs is 2. The van der Waals surface area contributed by atoms with Gasteiger partial charge in [0.1, 0.15) is 17.2 Å². The van der Waals surface area contributed by atoms with Gasteiger partial charge in [0.15, 0.2) is 9.84 Å². The average Bonchev–Trinajstić information content (AvgIpc) is 3.50. The van der Waals surface area contributed by atoms with Gasteiger partial charge >= 0.3 is 0 Å². The van der Waals surface area contributed by atoms with Gasteiger partial charge in [0, 0.05) is 42.6 Å². The Balaban J connectivity index is 1.59. The first-order valence-electron chi connectivity index (χ1n) is 13.3. The minimum Gasteiger partial charge on any atom is -0.455 e. The molecular formula is C32H27FN2O6S2. The smallest absolute Gasteiger partial charge is 0.255 e. The minimum absolute atomic E-state index is 0.0749. The molecule has 8 nitrogen and oxygen atoms in total. The van der Waals surface area contributed by atoms with Crippen molar-refractivity contribution in [2.75, 3.05) is 30.4 Å². The van der Waals surface area contributed by atoms with Gasteiger partial charge in [-0.15, -0.1) is 0 Å². The van der Waals surface area contributed by atoms with Gasteiger partial charge in [-0.2, -0.15) is 0 Å². The number of anilines is 1. The second-order valence-corrected chi connectivity index (χ2v) is 14.5. The molecule has 1 aromatic heterocycles. The summed E-state index contributed by atoms with van der Waals surface area (Å²) in [5.74, 6) is -1.15. The lowest BCUT2D eigenvalue weighted by atomic mass is 9.90. The van der Waals surface area contributed by atoms with Gasteiger partial charge in [-0.3, -0.25) is 9.10 Å². The highest BCUT2D eigenvalue weighted by Crippen LogP contribution is 2.44. The number of carbonyl (C=O) groups excluding carboxylic acids is 1. The summed E-state index contributed by atoms with van der Waals surface area (Å²) in [6, 6.07) is 23.0. The molecule has 1 atom stereocenters. The van der Waals surface area contributed by atoms with Crippen LogP contribution in [-0.2, 0) is 19.9 Å². The van der Waals surface area contributed by atoms with Crippen molar-refractivity contribution in [2.45, 2.75) is 10.8 Å². The molecule has 0 aliphatic carbocycles. The Morgan fingerprint density at radius 1 is 0.977 bits per heavy atom. The molecule has 0 bridgehead atoms. The fraction of sp³-hybridized carbons (Fsp3) is 0.156. The van der Waals surface area contributed by atoms with Gasteiger partial charge in [0.05, 0.1) is 28.2 Å². The Labute approximate surface area is 248 Å². The maximum atomic E-state index is 13.7. The molecule has 1 aliphatic heterocycles. The van der Waals surface area contributed by atoms with Crippen LogP contribution in [0.5, 0.6) is 0 Å². The fourth-order valence-electron chi connectivity index (χ4n) is 5.61. The van der Waals surface area contributed by atoms with E-state index in [9.17, 15) is 26.0 Å². The predicted octanol–water partition coefficient (Wildman–Crippen LogP) is 5.58. The van der Waals surface area contributed by atoms with Gasteiger partial charge in [0.25, 0.3) is 5.91 Å². The molecule has 43 heavy (non-hydrogen) atoms. The van der Waals surface area contributed by atoms with Crippen LogP contribution in [0.4, 0.5) is 10.1 Å². The number of hydrogen-bond donors (Lipinski definition) is 1. The zero-order valence-corrected chi connectivity index (χ0v) is 25.1. The Morgan fingerprint density at radius 3 is 2.40 bits per heavy atom. The summed E-state index contributed by atoms with van der Waals surface area (Å²) in [7, 11) is -4.28. The third kappa shape index (κ3) is 4.98. The number of hydrogen-bond acceptors (Lipinski definition) is 6. The van der Waals surface area contributed by atoms with Crippen LogP contribution in [0.25, 0.3) is 33.4 Å². The van der Waals surface area contributed by atoms with Crippen molar-refractivity contribution in [2.24, 2.45) is 0 Å². The maximum Gasteiger partial charge on any atom is 0.255 e. The number of nitrogens with one attached hydrogen (secondary N) is 1. The highest BCUT2D eigenvalue weighted by atomic mass is 32.2. The second-order valence-electron chi connectivity index (χ2n) is 10.5. The zero-order chi connectivity index (χ0) is 30.7. The van der Waals surface area contributed by atoms with Gasteiger partial charge in [-0.25, -0.2) is 21.2 Å². The summed E-state index contributed by atoms with van der Waals surface area (Å²) in [6.07, 6.45) is 1.08. The minimum atomic E-state index is -3.73. The van der Waals surface area contributed by atoms with Crippen molar-refractivity contribution in [1.82, 2.24) is 5.32 Å². The molecule has 0 saturated heterocycles. The van der Waals surface area contributed by atoms with Gasteiger partial charge in [-0.1, -0.05) is 42.5 Å². The average molecular weight is 619 g/mol. The van der Waals surface area contributed by atoms with E-state index < -0.39 is 37.5 Å². The molecule has 5 aromatic rings. The summed E-state index contributed by atoms with van der Waals surface area (Å²) in [5.41, 5.74) is 3.83. The first-order chi connectivity index (χ1) is 20.4. The predicted molar refractivity (Wildman–Crippen MR) is 164 cm³/mol. The summed E-state index contributed by atoms with van der Waals surface area (Å²) < 4.78 is 72.3. The number of benzene rings is 4. The SMILES string of the molecule is CNC(=O)c1c(-c2ccc(F)cc2)oc2cc(N(C)S(C)(=O)=O)c(-c3cccc(C4CS(=O)(=O)c5ccccc54)c3)cc12. The number of nitrogens with zero attached hydrogens (tertiary/aromatic N) is 1. The lowest BCUT2D eigenvalue weighted by molar-refractivity contribution is 0.0964. The lowest BCUT2D eigenvalue weighted by Gasteiger charge is -2.21. The van der Waals surface area contributed by atoms with E-state index in [0.29, 0.717) is 38.2 Å². The zero-order valence-electron chi connectivity index (χ0n) is 23.5. The molecule has 4 aromatic carbocycles. The standard InChI is InChI=1S/C32H27FN2O6S2/c1-34-32(36)30-25-16-24(20-7-6-8-21(15-20)26-18-43(39,40)29-10-5-4-9-23(26)29)27(35(2)42(3,37)38)17-28(25)41-31(30)19-11-13-22(33)14-12-19/h4-17,26H,18H2,1-3H3,(H,34,36). The molecule has 220 valence electrons. The molecule has 2 heterocycles. The van der Waals surface area contributed by atoms with Crippen LogP contribution in [-0.4, -0.2) is 48.8 Å². The van der Waals surface area contributed by atoms with E-state index in [1.54, 1.807) is 36.4 Å². The molecular weight excluding hydrogens is 591 g/mol. The van der Waals surface area contributed by atoms with Crippen molar-refractivity contribution in [3.8, 4) is 22.5 Å². The van der Waals surface area contributed by atoms with Crippen molar-refractivity contribution in [1.29, 1.82) is 0 Å².